The third-order valence-corrected chi connectivity index (χ3v) is 5.77. The lowest BCUT2D eigenvalue weighted by molar-refractivity contribution is -0.124. The Hall–Kier alpha value is -2.33. The first-order valence-corrected chi connectivity index (χ1v) is 10.2. The lowest BCUT2D eigenvalue weighted by Gasteiger charge is -2.15. The first-order valence-electron chi connectivity index (χ1n) is 8.38. The lowest BCUT2D eigenvalue weighted by atomic mass is 10.2. The summed E-state index contributed by atoms with van der Waals surface area (Å²) in [7, 11) is 0. The Balaban J connectivity index is 1.44. The van der Waals surface area contributed by atoms with E-state index in [0.717, 1.165) is 28.0 Å². The molecule has 2 saturated heterocycles. The Labute approximate surface area is 164 Å². The summed E-state index contributed by atoms with van der Waals surface area (Å²) in [5.74, 6) is 0.173. The largest absolute Gasteiger partial charge is 0.354 e. The molecule has 2 aliphatic heterocycles. The number of amides is 4. The standard InChI is InChI=1S/C17H18N4O4S2/c22-14(3-6-20-8-9-26-16(20)24)19-5-7-21-15(23)13(27-17(21)25)10-12-2-1-4-18-11-12/h1-2,4,10-11H,3,5-9H2,(H,19,22)/b13-10-. The highest BCUT2D eigenvalue weighted by Gasteiger charge is 2.34. The predicted octanol–water partition coefficient (Wildman–Crippen LogP) is 1.79. The van der Waals surface area contributed by atoms with E-state index in [2.05, 4.69) is 10.3 Å². The summed E-state index contributed by atoms with van der Waals surface area (Å²) >= 11 is 2.13. The van der Waals surface area contributed by atoms with Crippen molar-refractivity contribution in [1.29, 1.82) is 0 Å². The van der Waals surface area contributed by atoms with Crippen LogP contribution in [0.3, 0.4) is 0 Å². The van der Waals surface area contributed by atoms with Crippen molar-refractivity contribution in [3.8, 4) is 0 Å². The second-order valence-corrected chi connectivity index (χ2v) is 7.86. The van der Waals surface area contributed by atoms with Crippen LogP contribution in [0.2, 0.25) is 0 Å². The fraction of sp³-hybridized carbons (Fsp3) is 0.353. The Kier molecular flexibility index (Phi) is 6.51. The monoisotopic (exact) mass is 406 g/mol. The molecule has 0 aliphatic carbocycles. The molecule has 0 bridgehead atoms. The van der Waals surface area contributed by atoms with E-state index in [1.165, 1.54) is 11.8 Å². The Morgan fingerprint density at radius 1 is 1.26 bits per heavy atom. The highest BCUT2D eigenvalue weighted by Crippen LogP contribution is 2.31. The Bertz CT molecular complexity index is 784. The van der Waals surface area contributed by atoms with Gasteiger partial charge in [-0.3, -0.25) is 29.1 Å². The molecule has 0 aromatic carbocycles. The second-order valence-electron chi connectivity index (χ2n) is 5.82. The van der Waals surface area contributed by atoms with Gasteiger partial charge in [0.05, 0.1) is 4.91 Å². The smallest absolute Gasteiger partial charge is 0.293 e. The van der Waals surface area contributed by atoms with Crippen molar-refractivity contribution in [2.75, 3.05) is 31.9 Å². The molecule has 27 heavy (non-hydrogen) atoms. The maximum atomic E-state index is 12.4. The Morgan fingerprint density at radius 2 is 2.11 bits per heavy atom. The molecule has 1 aromatic heterocycles. The molecule has 0 saturated carbocycles. The number of rotatable bonds is 7. The molecule has 10 heteroatoms. The van der Waals surface area contributed by atoms with Crippen molar-refractivity contribution in [1.82, 2.24) is 20.1 Å². The van der Waals surface area contributed by atoms with Crippen molar-refractivity contribution in [3.63, 3.8) is 0 Å². The zero-order valence-electron chi connectivity index (χ0n) is 14.4. The second kappa shape index (κ2) is 9.05. The molecule has 4 amide bonds. The number of imide groups is 1. The van der Waals surface area contributed by atoms with Crippen LogP contribution in [0.15, 0.2) is 29.4 Å². The molecule has 1 aromatic rings. The predicted molar refractivity (Wildman–Crippen MR) is 104 cm³/mol. The van der Waals surface area contributed by atoms with Crippen molar-refractivity contribution < 1.29 is 19.2 Å². The van der Waals surface area contributed by atoms with Crippen molar-refractivity contribution in [2.24, 2.45) is 0 Å². The minimum Gasteiger partial charge on any atom is -0.354 e. The molecule has 3 heterocycles. The van der Waals surface area contributed by atoms with Gasteiger partial charge in [-0.2, -0.15) is 0 Å². The summed E-state index contributed by atoms with van der Waals surface area (Å²) in [5, 5.41) is 2.33. The van der Waals surface area contributed by atoms with Gasteiger partial charge >= 0.3 is 0 Å². The Morgan fingerprint density at radius 3 is 2.81 bits per heavy atom. The average Bonchev–Trinajstić information content (AvgIpc) is 3.18. The molecular weight excluding hydrogens is 388 g/mol. The number of nitrogens with one attached hydrogen (secondary N) is 1. The van der Waals surface area contributed by atoms with Gasteiger partial charge < -0.3 is 10.2 Å². The molecule has 2 fully saturated rings. The van der Waals surface area contributed by atoms with Gasteiger partial charge in [-0.15, -0.1) is 0 Å². The van der Waals surface area contributed by atoms with E-state index in [1.807, 2.05) is 0 Å². The maximum absolute atomic E-state index is 12.4. The van der Waals surface area contributed by atoms with Crippen LogP contribution in [0, 0.1) is 0 Å². The average molecular weight is 406 g/mol. The van der Waals surface area contributed by atoms with Gasteiger partial charge in [0.2, 0.25) is 5.91 Å². The summed E-state index contributed by atoms with van der Waals surface area (Å²) in [6, 6.07) is 3.55. The minimum absolute atomic E-state index is 0.000942. The summed E-state index contributed by atoms with van der Waals surface area (Å²) in [6.07, 6.45) is 5.07. The molecule has 1 N–H and O–H groups in total. The fourth-order valence-electron chi connectivity index (χ4n) is 2.57. The highest BCUT2D eigenvalue weighted by molar-refractivity contribution is 8.18. The molecular formula is C17H18N4O4S2. The molecule has 0 unspecified atom stereocenters. The van der Waals surface area contributed by atoms with Crippen LogP contribution in [0.25, 0.3) is 6.08 Å². The number of pyridine rings is 1. The highest BCUT2D eigenvalue weighted by atomic mass is 32.2. The van der Waals surface area contributed by atoms with Crippen LogP contribution < -0.4 is 5.32 Å². The normalized spacial score (nSPS) is 18.7. The van der Waals surface area contributed by atoms with Crippen LogP contribution in [0.5, 0.6) is 0 Å². The minimum atomic E-state index is -0.372. The van der Waals surface area contributed by atoms with Gasteiger partial charge in [-0.25, -0.2) is 0 Å². The van der Waals surface area contributed by atoms with Gasteiger partial charge in [0.1, 0.15) is 0 Å². The SMILES string of the molecule is O=C(CCN1CCSC1=O)NCCN1C(=O)S/C(=C\c2cccnc2)C1=O. The van der Waals surface area contributed by atoms with E-state index in [-0.39, 0.29) is 41.8 Å². The zero-order valence-corrected chi connectivity index (χ0v) is 16.1. The van der Waals surface area contributed by atoms with E-state index < -0.39 is 0 Å². The van der Waals surface area contributed by atoms with Crippen LogP contribution >= 0.6 is 23.5 Å². The summed E-state index contributed by atoms with van der Waals surface area (Å²) in [6.45, 7) is 1.34. The maximum Gasteiger partial charge on any atom is 0.293 e. The van der Waals surface area contributed by atoms with Crippen LogP contribution in [0.1, 0.15) is 12.0 Å². The topological polar surface area (TPSA) is 99.7 Å². The summed E-state index contributed by atoms with van der Waals surface area (Å²) in [5.41, 5.74) is 0.742. The molecule has 142 valence electrons. The number of hydrogen-bond acceptors (Lipinski definition) is 7. The number of hydrogen-bond donors (Lipinski definition) is 1. The summed E-state index contributed by atoms with van der Waals surface area (Å²) < 4.78 is 0. The van der Waals surface area contributed by atoms with Gasteiger partial charge in [0, 0.05) is 50.7 Å². The third kappa shape index (κ3) is 5.10. The first-order chi connectivity index (χ1) is 13.0. The molecule has 2 aliphatic rings. The van der Waals surface area contributed by atoms with Crippen molar-refractivity contribution in [3.05, 3.63) is 35.0 Å². The first kappa shape index (κ1) is 19.4. The van der Waals surface area contributed by atoms with Crippen molar-refractivity contribution in [2.45, 2.75) is 6.42 Å². The number of nitrogens with zero attached hydrogens (tertiary/aromatic N) is 3. The van der Waals surface area contributed by atoms with E-state index in [9.17, 15) is 19.2 Å². The number of carbonyl (C=O) groups is 4. The number of aromatic nitrogens is 1. The van der Waals surface area contributed by atoms with Crippen LogP contribution in [-0.4, -0.2) is 69.0 Å². The zero-order chi connectivity index (χ0) is 19.2. The number of thioether (sulfide) groups is 2. The van der Waals surface area contributed by atoms with Gasteiger partial charge in [0.25, 0.3) is 16.4 Å². The van der Waals surface area contributed by atoms with E-state index in [0.29, 0.717) is 18.0 Å². The summed E-state index contributed by atoms with van der Waals surface area (Å²) in [4.78, 5) is 54.8. The van der Waals surface area contributed by atoms with E-state index in [1.54, 1.807) is 35.5 Å². The molecule has 8 nitrogen and oxygen atoms in total. The molecule has 0 radical (unpaired) electrons. The van der Waals surface area contributed by atoms with Gasteiger partial charge in [0.15, 0.2) is 0 Å². The van der Waals surface area contributed by atoms with Crippen LogP contribution in [-0.2, 0) is 9.59 Å². The van der Waals surface area contributed by atoms with Crippen LogP contribution in [0.4, 0.5) is 9.59 Å². The van der Waals surface area contributed by atoms with Crippen molar-refractivity contribution >= 4 is 51.9 Å². The lowest BCUT2D eigenvalue weighted by Crippen LogP contribution is -2.38. The van der Waals surface area contributed by atoms with Gasteiger partial charge in [-0.1, -0.05) is 17.8 Å². The van der Waals surface area contributed by atoms with E-state index in [4.69, 9.17) is 0 Å². The van der Waals surface area contributed by atoms with E-state index >= 15 is 0 Å². The fourth-order valence-corrected chi connectivity index (χ4v) is 4.28. The molecule has 3 rings (SSSR count). The third-order valence-electron chi connectivity index (χ3n) is 3.97. The van der Waals surface area contributed by atoms with Gasteiger partial charge in [-0.05, 0) is 29.5 Å². The number of carbonyl (C=O) groups excluding carboxylic acids is 4. The molecule has 0 atom stereocenters. The quantitative estimate of drug-likeness (QED) is 0.689. The molecule has 0 spiro atoms.